The summed E-state index contributed by atoms with van der Waals surface area (Å²) in [6, 6.07) is 60.1. The van der Waals surface area contributed by atoms with Crippen LogP contribution in [0, 0.1) is 20.8 Å². The largest absolute Gasteiger partial charge is 0.112 e. The predicted molar refractivity (Wildman–Crippen MR) is 326 cm³/mol. The van der Waals surface area contributed by atoms with Crippen molar-refractivity contribution < 1.29 is 0 Å². The van der Waals surface area contributed by atoms with Crippen LogP contribution >= 0.6 is 0 Å². The monoisotopic (exact) mass is 957 g/mol. The van der Waals surface area contributed by atoms with E-state index in [0.717, 1.165) is 25.7 Å². The van der Waals surface area contributed by atoms with Crippen molar-refractivity contribution in [3.63, 3.8) is 0 Å². The summed E-state index contributed by atoms with van der Waals surface area (Å²) in [6.45, 7) is 31.1. The number of benzene rings is 7. The zero-order valence-corrected chi connectivity index (χ0v) is 45.7. The van der Waals surface area contributed by atoms with Crippen LogP contribution in [0.1, 0.15) is 172 Å². The summed E-state index contributed by atoms with van der Waals surface area (Å²) in [4.78, 5) is 0. The quantitative estimate of drug-likeness (QED) is 0.155. The van der Waals surface area contributed by atoms with E-state index >= 15 is 0 Å². The Hall–Kier alpha value is -6.46. The minimum Gasteiger partial charge on any atom is -0.112 e. The zero-order chi connectivity index (χ0) is 51.3. The van der Waals surface area contributed by atoms with E-state index in [-0.39, 0.29) is 25.7 Å². The molecule has 1 unspecified atom stereocenters. The van der Waals surface area contributed by atoms with E-state index in [1.807, 2.05) is 87.4 Å². The van der Waals surface area contributed by atoms with E-state index in [1.54, 1.807) is 0 Å². The molecular weight excluding hydrogens is 865 g/mol. The van der Waals surface area contributed by atoms with Crippen LogP contribution < -0.4 is 0 Å². The Morgan fingerprint density at radius 1 is 0.444 bits per heavy atom. The molecule has 72 heavy (non-hydrogen) atoms. The highest BCUT2D eigenvalue weighted by atomic mass is 14.5. The topological polar surface area (TPSA) is 0 Å². The van der Waals surface area contributed by atoms with Crippen molar-refractivity contribution in [1.82, 2.24) is 0 Å². The lowest BCUT2D eigenvalue weighted by Crippen LogP contribution is -2.34. The molecule has 4 aliphatic rings. The Kier molecular flexibility index (Phi) is 26.1. The first kappa shape index (κ1) is 61.7. The van der Waals surface area contributed by atoms with Gasteiger partial charge in [-0.05, 0) is 142 Å². The average Bonchev–Trinajstić information content (AvgIpc) is 3.91. The highest BCUT2D eigenvalue weighted by molar-refractivity contribution is 5.89. The molecule has 0 saturated carbocycles. The predicted octanol–water partition coefficient (Wildman–Crippen LogP) is 21.7. The van der Waals surface area contributed by atoms with Gasteiger partial charge < -0.3 is 0 Å². The summed E-state index contributed by atoms with van der Waals surface area (Å²) in [5.41, 5.74) is 26.8. The molecule has 0 spiro atoms. The van der Waals surface area contributed by atoms with Crippen LogP contribution in [0.2, 0.25) is 0 Å². The van der Waals surface area contributed by atoms with Crippen molar-refractivity contribution in [2.45, 2.75) is 155 Å². The highest BCUT2D eigenvalue weighted by Crippen LogP contribution is 2.54. The van der Waals surface area contributed by atoms with Crippen LogP contribution in [0.4, 0.5) is 0 Å². The standard InChI is InChI=1S/C36H28.C17H18.C7H8.5C2H6.2CH4/c1-25-14-16-26(17-15-25)27-18-20-32(21-19-27)36(31-11-3-2-4-12-31)24-30-10-7-13-33(30)34-22-28-8-5-6-9-29(28)23-35(34)36;1-12-8-9-14-13(10-12)11-17(2,3)16-7-5-4-6-15(14)16;1-7-5-3-2-4-6-7;5*1-2;;/h2-5,7-8,10-12,14-23H,6,9,24H2,1H3;4-10H,11H2,1-3H3;2-6H,1H3;5*1-2H3;2*1H4. The van der Waals surface area contributed by atoms with E-state index in [4.69, 9.17) is 0 Å². The maximum absolute atomic E-state index is 3.57. The van der Waals surface area contributed by atoms with Gasteiger partial charge in [-0.3, -0.25) is 0 Å². The third kappa shape index (κ3) is 14.1. The van der Waals surface area contributed by atoms with Gasteiger partial charge >= 0.3 is 0 Å². The molecule has 4 aliphatic carbocycles. The van der Waals surface area contributed by atoms with Crippen molar-refractivity contribution in [1.29, 1.82) is 0 Å². The molecule has 0 saturated heterocycles. The van der Waals surface area contributed by atoms with Gasteiger partial charge in [-0.15, -0.1) is 5.73 Å². The van der Waals surface area contributed by atoms with E-state index in [1.165, 1.54) is 94.6 Å². The van der Waals surface area contributed by atoms with Gasteiger partial charge in [0.25, 0.3) is 0 Å². The Morgan fingerprint density at radius 3 is 1.57 bits per heavy atom. The molecule has 7 aromatic carbocycles. The van der Waals surface area contributed by atoms with Crippen molar-refractivity contribution in [3.05, 3.63) is 255 Å². The molecule has 0 N–H and O–H groups in total. The van der Waals surface area contributed by atoms with Crippen LogP contribution in [-0.4, -0.2) is 0 Å². The molecule has 0 heterocycles. The minimum atomic E-state index is -0.242. The highest BCUT2D eigenvalue weighted by Gasteiger charge is 2.44. The van der Waals surface area contributed by atoms with E-state index in [2.05, 4.69) is 210 Å². The first-order valence-electron chi connectivity index (χ1n) is 26.6. The van der Waals surface area contributed by atoms with Crippen LogP contribution in [-0.2, 0) is 23.7 Å². The summed E-state index contributed by atoms with van der Waals surface area (Å²) in [7, 11) is 0. The number of aryl methyl sites for hydroxylation is 4. The fourth-order valence-electron chi connectivity index (χ4n) is 9.87. The van der Waals surface area contributed by atoms with Crippen molar-refractivity contribution in [2.24, 2.45) is 0 Å². The maximum atomic E-state index is 3.57. The lowest BCUT2D eigenvalue weighted by Gasteiger charge is -2.42. The molecule has 380 valence electrons. The van der Waals surface area contributed by atoms with Crippen molar-refractivity contribution in [2.75, 3.05) is 0 Å². The van der Waals surface area contributed by atoms with E-state index in [0.29, 0.717) is 0 Å². The molecule has 0 heteroatoms. The number of allylic oxidation sites excluding steroid dienone is 4. The second-order valence-corrected chi connectivity index (χ2v) is 17.7. The molecule has 7 aromatic rings. The number of hydrogen-bond acceptors (Lipinski definition) is 0. The summed E-state index contributed by atoms with van der Waals surface area (Å²) >= 11 is 0. The maximum Gasteiger partial charge on any atom is 0.0498 e. The molecule has 11 rings (SSSR count). The smallest absolute Gasteiger partial charge is 0.0498 e. The van der Waals surface area contributed by atoms with Crippen molar-refractivity contribution >= 4 is 11.6 Å². The van der Waals surface area contributed by atoms with Gasteiger partial charge in [0.2, 0.25) is 0 Å². The molecule has 1 atom stereocenters. The first-order chi connectivity index (χ1) is 34.2. The third-order valence-electron chi connectivity index (χ3n) is 13.0. The van der Waals surface area contributed by atoms with E-state index in [9.17, 15) is 0 Å². The summed E-state index contributed by atoms with van der Waals surface area (Å²) in [5, 5.41) is 0. The number of fused-ring (bicyclic) bond motifs is 7. The van der Waals surface area contributed by atoms with Gasteiger partial charge in [0, 0.05) is 11.0 Å². The third-order valence-corrected chi connectivity index (χ3v) is 13.0. The molecule has 0 aliphatic heterocycles. The van der Waals surface area contributed by atoms with Gasteiger partial charge in [-0.25, -0.2) is 0 Å². The molecule has 0 nitrogen and oxygen atoms in total. The van der Waals surface area contributed by atoms with Crippen molar-refractivity contribution in [3.8, 4) is 22.3 Å². The molecule has 0 aromatic heterocycles. The second-order valence-electron chi connectivity index (χ2n) is 17.7. The number of rotatable bonds is 3. The SMILES string of the molecule is C.C.CC.CC.CC.CC.CC.Cc1ccc(-c2ccc(C3(c4ccccc4)CC4=CC=C=C4c4cc5c(cc43)CCC=C5)cc2)cc1.Cc1ccc2c(c1)CC(C)(C)c1ccccc1-2.Cc1ccccc1. The lowest BCUT2D eigenvalue weighted by atomic mass is 9.59. The summed E-state index contributed by atoms with van der Waals surface area (Å²) in [6.07, 6.45) is 13.3. The van der Waals surface area contributed by atoms with Crippen LogP contribution in [0.5, 0.6) is 0 Å². The molecule has 0 bridgehead atoms. The summed E-state index contributed by atoms with van der Waals surface area (Å²) < 4.78 is 0. The number of hydrogen-bond donors (Lipinski definition) is 0. The molecule has 0 fully saturated rings. The molecular formula is C72H92. The first-order valence-corrected chi connectivity index (χ1v) is 26.6. The molecule has 0 amide bonds. The van der Waals surface area contributed by atoms with Gasteiger partial charge in [-0.2, -0.15) is 0 Å². The van der Waals surface area contributed by atoms with Gasteiger partial charge in [-0.1, -0.05) is 285 Å². The van der Waals surface area contributed by atoms with Gasteiger partial charge in [0.15, 0.2) is 0 Å². The second kappa shape index (κ2) is 30.4. The van der Waals surface area contributed by atoms with Gasteiger partial charge in [0.05, 0.1) is 0 Å². The minimum absolute atomic E-state index is 0. The van der Waals surface area contributed by atoms with Crippen LogP contribution in [0.15, 0.2) is 193 Å². The van der Waals surface area contributed by atoms with Gasteiger partial charge in [0.1, 0.15) is 0 Å². The average molecular weight is 958 g/mol. The molecule has 0 radical (unpaired) electrons. The normalized spacial score (nSPS) is 14.7. The Bertz CT molecular complexity index is 2800. The zero-order valence-electron chi connectivity index (χ0n) is 45.7. The summed E-state index contributed by atoms with van der Waals surface area (Å²) in [5.74, 6) is 0. The Morgan fingerprint density at radius 2 is 0.972 bits per heavy atom. The van der Waals surface area contributed by atoms with Crippen LogP contribution in [0.3, 0.4) is 0 Å². The fraction of sp³-hybridized carbons (Fsp3) is 0.319. The lowest BCUT2D eigenvalue weighted by molar-refractivity contribution is 0.517. The fourth-order valence-corrected chi connectivity index (χ4v) is 9.87. The Balaban J connectivity index is 0.000000412. The van der Waals surface area contributed by atoms with E-state index < -0.39 is 0 Å². The van der Waals surface area contributed by atoms with Crippen LogP contribution in [0.25, 0.3) is 33.9 Å². The Labute approximate surface area is 441 Å².